The maximum atomic E-state index is 12.3. The Balaban J connectivity index is 0. The number of rotatable bonds is 3. The molecule has 0 saturated carbocycles. The molecule has 0 amide bonds. The molecule has 0 bridgehead atoms. The van der Waals surface area contributed by atoms with Crippen LogP contribution in [0.2, 0.25) is 0 Å². The maximum Gasteiger partial charge on any atom is 0.418 e. The van der Waals surface area contributed by atoms with Gasteiger partial charge in [-0.25, -0.2) is 0 Å². The maximum absolute atomic E-state index is 12.3. The van der Waals surface area contributed by atoms with Crippen LogP contribution in [0.4, 0.5) is 13.2 Å². The van der Waals surface area contributed by atoms with E-state index < -0.39 is 17.8 Å². The van der Waals surface area contributed by atoms with Gasteiger partial charge in [0.2, 0.25) is 0 Å². The predicted octanol–water partition coefficient (Wildman–Crippen LogP) is 1.64. The van der Waals surface area contributed by atoms with Crippen molar-refractivity contribution in [3.8, 4) is 0 Å². The Hall–Kier alpha value is 0.204. The van der Waals surface area contributed by atoms with E-state index in [1.807, 2.05) is 0 Å². The van der Waals surface area contributed by atoms with Crippen LogP contribution in [-0.4, -0.2) is 41.4 Å². The van der Waals surface area contributed by atoms with Gasteiger partial charge in [-0.15, -0.1) is 0 Å². The largest absolute Gasteiger partial charge is 0.418 e. The summed E-state index contributed by atoms with van der Waals surface area (Å²) in [5, 5.41) is 9.25. The van der Waals surface area contributed by atoms with Crippen LogP contribution >= 0.6 is 0 Å². The summed E-state index contributed by atoms with van der Waals surface area (Å²) in [4.78, 5) is 1.45. The molecule has 0 aromatic heterocycles. The van der Waals surface area contributed by atoms with Gasteiger partial charge in [0.25, 0.3) is 0 Å². The molecular weight excluding hydrogens is 242 g/mol. The van der Waals surface area contributed by atoms with E-state index in [4.69, 9.17) is 0 Å². The van der Waals surface area contributed by atoms with E-state index >= 15 is 0 Å². The molecule has 0 fully saturated rings. The minimum Gasteiger partial charge on any atom is -0.379 e. The van der Waals surface area contributed by atoms with Crippen LogP contribution in [0, 0.1) is 0 Å². The molecule has 14 heavy (non-hydrogen) atoms. The van der Waals surface area contributed by atoms with Gasteiger partial charge in [0.1, 0.15) is 0 Å². The van der Waals surface area contributed by atoms with E-state index in [1.54, 1.807) is 14.0 Å². The smallest absolute Gasteiger partial charge is 0.379 e. The van der Waals surface area contributed by atoms with Gasteiger partial charge in [-0.3, -0.25) is 0 Å². The summed E-state index contributed by atoms with van der Waals surface area (Å²) in [6.07, 6.45) is -4.59. The molecule has 0 aliphatic heterocycles. The quantitative estimate of drug-likeness (QED) is 0.778. The molecule has 90 valence electrons. The Kier molecular flexibility index (Phi) is 6.33. The van der Waals surface area contributed by atoms with Crippen LogP contribution in [0.15, 0.2) is 0 Å². The molecule has 0 rings (SSSR count). The summed E-state index contributed by atoms with van der Waals surface area (Å²) in [7, 11) is 1.55. The average Bonchev–Trinajstić information content (AvgIpc) is 1.99. The first-order valence-electron chi connectivity index (χ1n) is 4.14. The molecule has 0 aliphatic carbocycles. The monoisotopic (exact) mass is 257 g/mol. The fraction of sp³-hybridized carbons (Fsp3) is 1.00. The molecule has 0 radical (unpaired) electrons. The van der Waals surface area contributed by atoms with Crippen LogP contribution in [-0.2, 0) is 16.5 Å². The Morgan fingerprint density at radius 1 is 1.36 bits per heavy atom. The first-order chi connectivity index (χ1) is 5.64. The second kappa shape index (κ2) is 5.33. The minimum atomic E-state index is -4.59. The second-order valence-corrected chi connectivity index (χ2v) is 3.39. The number of alkyl halides is 3. The summed E-state index contributed by atoms with van der Waals surface area (Å²) < 4.78 is 36.9. The molecule has 0 aromatic carbocycles. The van der Waals surface area contributed by atoms with E-state index in [1.165, 1.54) is 11.8 Å². The van der Waals surface area contributed by atoms with Gasteiger partial charge in [-0.05, 0) is 27.4 Å². The normalized spacial score (nSPS) is 18.6. The SMILES string of the molecule is CCN(C)C(C)C(C)(O)C(F)(F)F.[Ni]. The summed E-state index contributed by atoms with van der Waals surface area (Å²) in [5.41, 5.74) is -2.66. The fourth-order valence-corrected chi connectivity index (χ4v) is 0.940. The van der Waals surface area contributed by atoms with Gasteiger partial charge in [-0.1, -0.05) is 6.92 Å². The van der Waals surface area contributed by atoms with E-state index in [-0.39, 0.29) is 16.5 Å². The first-order valence-corrected chi connectivity index (χ1v) is 4.14. The average molecular weight is 258 g/mol. The first kappa shape index (κ1) is 16.6. The molecule has 1 N–H and O–H groups in total. The summed E-state index contributed by atoms with van der Waals surface area (Å²) >= 11 is 0. The number of halogens is 3. The number of nitrogens with zero attached hydrogens (tertiary/aromatic N) is 1. The third-order valence-electron chi connectivity index (χ3n) is 2.55. The Labute approximate surface area is 92.4 Å². The topological polar surface area (TPSA) is 23.5 Å². The van der Waals surface area contributed by atoms with Crippen molar-refractivity contribution in [2.24, 2.45) is 0 Å². The number of hydrogen-bond acceptors (Lipinski definition) is 2. The van der Waals surface area contributed by atoms with Gasteiger partial charge in [0.05, 0.1) is 0 Å². The van der Waals surface area contributed by atoms with Crippen LogP contribution in [0.5, 0.6) is 0 Å². The van der Waals surface area contributed by atoms with Crippen LogP contribution < -0.4 is 0 Å². The standard InChI is InChI=1S/C8H16F3NO.Ni/c1-5-12(4)6(2)7(3,13)8(9,10)11;/h6,13H,5H2,1-4H3;. The number of aliphatic hydroxyl groups is 1. The minimum absolute atomic E-state index is 0. The van der Waals surface area contributed by atoms with Crippen molar-refractivity contribution < 1.29 is 34.8 Å². The fourth-order valence-electron chi connectivity index (χ4n) is 0.940. The second-order valence-electron chi connectivity index (χ2n) is 3.39. The van der Waals surface area contributed by atoms with Crippen molar-refractivity contribution in [3.05, 3.63) is 0 Å². The van der Waals surface area contributed by atoms with Crippen molar-refractivity contribution in [2.75, 3.05) is 13.6 Å². The molecule has 0 heterocycles. The molecule has 0 saturated heterocycles. The zero-order valence-corrected chi connectivity index (χ0v) is 9.62. The molecule has 0 aromatic rings. The van der Waals surface area contributed by atoms with Crippen molar-refractivity contribution in [3.63, 3.8) is 0 Å². The third-order valence-corrected chi connectivity index (χ3v) is 2.55. The zero-order chi connectivity index (χ0) is 10.9. The van der Waals surface area contributed by atoms with Crippen LogP contribution in [0.3, 0.4) is 0 Å². The number of likely N-dealkylation sites (N-methyl/N-ethyl adjacent to an activating group) is 1. The van der Waals surface area contributed by atoms with Crippen molar-refractivity contribution in [1.82, 2.24) is 4.90 Å². The summed E-state index contributed by atoms with van der Waals surface area (Å²) in [5.74, 6) is 0. The Morgan fingerprint density at radius 3 is 1.93 bits per heavy atom. The molecule has 0 aliphatic rings. The van der Waals surface area contributed by atoms with Crippen molar-refractivity contribution in [2.45, 2.75) is 38.6 Å². The van der Waals surface area contributed by atoms with E-state index in [0.29, 0.717) is 6.54 Å². The molecule has 6 heteroatoms. The van der Waals surface area contributed by atoms with Crippen LogP contribution in [0.25, 0.3) is 0 Å². The Bertz CT molecular complexity index is 172. The predicted molar refractivity (Wildman–Crippen MR) is 44.4 cm³/mol. The van der Waals surface area contributed by atoms with Gasteiger partial charge in [-0.2, -0.15) is 13.2 Å². The third kappa shape index (κ3) is 3.41. The Morgan fingerprint density at radius 2 is 1.71 bits per heavy atom. The molecular formula is C8H16F3NNiO. The molecule has 2 nitrogen and oxygen atoms in total. The number of hydrogen-bond donors (Lipinski definition) is 1. The van der Waals surface area contributed by atoms with Gasteiger partial charge in [0.15, 0.2) is 5.60 Å². The zero-order valence-electron chi connectivity index (χ0n) is 8.63. The van der Waals surface area contributed by atoms with E-state index in [9.17, 15) is 18.3 Å². The van der Waals surface area contributed by atoms with Gasteiger partial charge >= 0.3 is 6.18 Å². The summed E-state index contributed by atoms with van der Waals surface area (Å²) in [6.45, 7) is 4.36. The summed E-state index contributed by atoms with van der Waals surface area (Å²) in [6, 6.07) is -0.947. The van der Waals surface area contributed by atoms with E-state index in [2.05, 4.69) is 0 Å². The van der Waals surface area contributed by atoms with Crippen molar-refractivity contribution >= 4 is 0 Å². The van der Waals surface area contributed by atoms with Gasteiger partial charge in [0, 0.05) is 22.5 Å². The van der Waals surface area contributed by atoms with Gasteiger partial charge < -0.3 is 10.0 Å². The molecule has 2 atom stereocenters. The van der Waals surface area contributed by atoms with E-state index in [0.717, 1.165) is 6.92 Å². The van der Waals surface area contributed by atoms with Crippen molar-refractivity contribution in [1.29, 1.82) is 0 Å². The molecule has 0 spiro atoms. The van der Waals surface area contributed by atoms with Crippen LogP contribution in [0.1, 0.15) is 20.8 Å². The molecule has 2 unspecified atom stereocenters.